The van der Waals surface area contributed by atoms with Crippen molar-refractivity contribution in [2.75, 3.05) is 51.2 Å². The van der Waals surface area contributed by atoms with Crippen LogP contribution in [-0.4, -0.2) is 63.2 Å². The number of hydrogen-bond donors (Lipinski definition) is 2. The van der Waals surface area contributed by atoms with Crippen LogP contribution in [0.15, 0.2) is 29.3 Å². The minimum Gasteiger partial charge on any atom is -0.371 e. The summed E-state index contributed by atoms with van der Waals surface area (Å²) in [4.78, 5) is 9.32. The number of piperidine rings is 2. The van der Waals surface area contributed by atoms with Crippen LogP contribution in [0, 0.1) is 17.7 Å². The standard InChI is InChI=1S/C23H38FN5/c1-18(2)16-28-11-5-6-19(17-28)15-26-23(25-3)27-21-9-12-29(13-10-21)22-8-4-7-20(24)14-22/h4,7-8,14,18-19,21H,5-6,9-13,15-17H2,1-3H3,(H2,25,26,27). The van der Waals surface area contributed by atoms with Crippen molar-refractivity contribution in [2.45, 2.75) is 45.6 Å². The Balaban J connectivity index is 1.40. The predicted molar refractivity (Wildman–Crippen MR) is 120 cm³/mol. The number of halogens is 1. The van der Waals surface area contributed by atoms with Gasteiger partial charge in [-0.25, -0.2) is 4.39 Å². The monoisotopic (exact) mass is 403 g/mol. The molecule has 0 saturated carbocycles. The SMILES string of the molecule is CN=C(NCC1CCCN(CC(C)C)C1)NC1CCN(c2cccc(F)c2)CC1. The maximum absolute atomic E-state index is 13.5. The molecule has 0 aliphatic carbocycles. The van der Waals surface area contributed by atoms with Gasteiger partial charge in [0.05, 0.1) is 0 Å². The van der Waals surface area contributed by atoms with Gasteiger partial charge in [-0.2, -0.15) is 0 Å². The highest BCUT2D eigenvalue weighted by Crippen LogP contribution is 2.21. The van der Waals surface area contributed by atoms with Gasteiger partial charge in [0.2, 0.25) is 0 Å². The van der Waals surface area contributed by atoms with Crippen LogP contribution in [-0.2, 0) is 0 Å². The lowest BCUT2D eigenvalue weighted by atomic mass is 9.97. The van der Waals surface area contributed by atoms with Crippen molar-refractivity contribution in [3.63, 3.8) is 0 Å². The van der Waals surface area contributed by atoms with Crippen LogP contribution >= 0.6 is 0 Å². The fraction of sp³-hybridized carbons (Fsp3) is 0.696. The minimum absolute atomic E-state index is 0.165. The molecule has 2 heterocycles. The normalized spacial score (nSPS) is 22.2. The van der Waals surface area contributed by atoms with Crippen molar-refractivity contribution in [3.8, 4) is 0 Å². The molecule has 29 heavy (non-hydrogen) atoms. The zero-order valence-electron chi connectivity index (χ0n) is 18.3. The zero-order chi connectivity index (χ0) is 20.6. The van der Waals surface area contributed by atoms with E-state index in [1.54, 1.807) is 12.1 Å². The van der Waals surface area contributed by atoms with Gasteiger partial charge >= 0.3 is 0 Å². The lowest BCUT2D eigenvalue weighted by molar-refractivity contribution is 0.159. The molecular weight excluding hydrogens is 365 g/mol. The number of nitrogens with one attached hydrogen (secondary N) is 2. The summed E-state index contributed by atoms with van der Waals surface area (Å²) in [7, 11) is 1.85. The number of rotatable bonds is 6. The fourth-order valence-electron chi connectivity index (χ4n) is 4.58. The third-order valence-electron chi connectivity index (χ3n) is 6.02. The predicted octanol–water partition coefficient (Wildman–Crippen LogP) is 3.33. The summed E-state index contributed by atoms with van der Waals surface area (Å²) in [6, 6.07) is 7.32. The molecule has 5 nitrogen and oxygen atoms in total. The van der Waals surface area contributed by atoms with E-state index in [1.165, 1.54) is 38.5 Å². The van der Waals surface area contributed by atoms with Crippen molar-refractivity contribution in [1.82, 2.24) is 15.5 Å². The Morgan fingerprint density at radius 3 is 2.69 bits per heavy atom. The Morgan fingerprint density at radius 2 is 2.00 bits per heavy atom. The zero-order valence-corrected chi connectivity index (χ0v) is 18.3. The molecule has 1 atom stereocenters. The molecule has 0 aromatic heterocycles. The highest BCUT2D eigenvalue weighted by Gasteiger charge is 2.23. The smallest absolute Gasteiger partial charge is 0.191 e. The lowest BCUT2D eigenvalue weighted by Gasteiger charge is -2.35. The van der Waals surface area contributed by atoms with E-state index >= 15 is 0 Å². The molecule has 1 unspecified atom stereocenters. The number of hydrogen-bond acceptors (Lipinski definition) is 3. The Kier molecular flexibility index (Phi) is 8.16. The third kappa shape index (κ3) is 6.88. The molecule has 0 amide bonds. The highest BCUT2D eigenvalue weighted by atomic mass is 19.1. The van der Waals surface area contributed by atoms with Crippen LogP contribution in [0.5, 0.6) is 0 Å². The highest BCUT2D eigenvalue weighted by molar-refractivity contribution is 5.80. The first-order valence-electron chi connectivity index (χ1n) is 11.2. The number of nitrogens with zero attached hydrogens (tertiary/aromatic N) is 3. The van der Waals surface area contributed by atoms with Gasteiger partial charge in [0.15, 0.2) is 5.96 Å². The Morgan fingerprint density at radius 1 is 1.21 bits per heavy atom. The van der Waals surface area contributed by atoms with Crippen LogP contribution in [0.25, 0.3) is 0 Å². The summed E-state index contributed by atoms with van der Waals surface area (Å²) in [5.74, 6) is 2.17. The van der Waals surface area contributed by atoms with Crippen LogP contribution in [0.4, 0.5) is 10.1 Å². The molecule has 0 bridgehead atoms. The van der Waals surface area contributed by atoms with Gasteiger partial charge in [-0.15, -0.1) is 0 Å². The molecule has 6 heteroatoms. The quantitative estimate of drug-likeness (QED) is 0.565. The van der Waals surface area contributed by atoms with Crippen molar-refractivity contribution in [1.29, 1.82) is 0 Å². The molecule has 2 aliphatic rings. The molecule has 0 spiro atoms. The second kappa shape index (κ2) is 10.8. The maximum Gasteiger partial charge on any atom is 0.191 e. The lowest BCUT2D eigenvalue weighted by Crippen LogP contribution is -2.50. The van der Waals surface area contributed by atoms with Gasteiger partial charge < -0.3 is 20.4 Å². The van der Waals surface area contributed by atoms with E-state index in [0.717, 1.165) is 50.0 Å². The van der Waals surface area contributed by atoms with Gasteiger partial charge in [0, 0.05) is 51.5 Å². The van der Waals surface area contributed by atoms with E-state index in [9.17, 15) is 4.39 Å². The summed E-state index contributed by atoms with van der Waals surface area (Å²) in [6.07, 6.45) is 4.65. The van der Waals surface area contributed by atoms with Crippen molar-refractivity contribution in [3.05, 3.63) is 30.1 Å². The number of guanidine groups is 1. The Hall–Kier alpha value is -1.82. The maximum atomic E-state index is 13.5. The van der Waals surface area contributed by atoms with Gasteiger partial charge in [-0.3, -0.25) is 4.99 Å². The minimum atomic E-state index is -0.165. The first-order valence-corrected chi connectivity index (χ1v) is 11.2. The molecule has 2 fully saturated rings. The summed E-state index contributed by atoms with van der Waals surface area (Å²) >= 11 is 0. The van der Waals surface area contributed by atoms with Crippen LogP contribution < -0.4 is 15.5 Å². The average molecular weight is 404 g/mol. The first-order chi connectivity index (χ1) is 14.0. The molecule has 162 valence electrons. The number of likely N-dealkylation sites (tertiary alicyclic amines) is 1. The molecule has 2 saturated heterocycles. The molecule has 1 aromatic rings. The fourth-order valence-corrected chi connectivity index (χ4v) is 4.58. The number of anilines is 1. The topological polar surface area (TPSA) is 42.9 Å². The Bertz CT molecular complexity index is 654. The molecule has 0 radical (unpaired) electrons. The van der Waals surface area contributed by atoms with Crippen LogP contribution in [0.3, 0.4) is 0 Å². The molecular formula is C23H38FN5. The number of benzene rings is 1. The van der Waals surface area contributed by atoms with Crippen LogP contribution in [0.1, 0.15) is 39.5 Å². The van der Waals surface area contributed by atoms with E-state index in [4.69, 9.17) is 0 Å². The first kappa shape index (κ1) is 21.9. The van der Waals surface area contributed by atoms with Crippen molar-refractivity contribution >= 4 is 11.6 Å². The second-order valence-corrected chi connectivity index (χ2v) is 9.00. The Labute approximate surface area is 175 Å². The van der Waals surface area contributed by atoms with E-state index in [-0.39, 0.29) is 5.82 Å². The summed E-state index contributed by atoms with van der Waals surface area (Å²) in [5, 5.41) is 7.16. The van der Waals surface area contributed by atoms with Gasteiger partial charge in [0.25, 0.3) is 0 Å². The molecule has 1 aromatic carbocycles. The van der Waals surface area contributed by atoms with E-state index in [0.29, 0.717) is 12.0 Å². The molecule has 2 aliphatic heterocycles. The largest absolute Gasteiger partial charge is 0.371 e. The van der Waals surface area contributed by atoms with Gasteiger partial charge in [-0.1, -0.05) is 19.9 Å². The third-order valence-corrected chi connectivity index (χ3v) is 6.02. The second-order valence-electron chi connectivity index (χ2n) is 9.00. The average Bonchev–Trinajstić information content (AvgIpc) is 2.71. The molecule has 3 rings (SSSR count). The van der Waals surface area contributed by atoms with E-state index in [1.807, 2.05) is 13.1 Å². The number of aliphatic imine (C=N–C) groups is 1. The van der Waals surface area contributed by atoms with E-state index < -0.39 is 0 Å². The summed E-state index contributed by atoms with van der Waals surface area (Å²) in [5.41, 5.74) is 0.981. The van der Waals surface area contributed by atoms with Crippen LogP contribution in [0.2, 0.25) is 0 Å². The van der Waals surface area contributed by atoms with Crippen molar-refractivity contribution in [2.24, 2.45) is 16.8 Å². The van der Waals surface area contributed by atoms with Crippen molar-refractivity contribution < 1.29 is 4.39 Å². The summed E-state index contributed by atoms with van der Waals surface area (Å²) in [6.45, 7) is 11.1. The molecule has 2 N–H and O–H groups in total. The van der Waals surface area contributed by atoms with Gasteiger partial charge in [0.1, 0.15) is 5.82 Å². The summed E-state index contributed by atoms with van der Waals surface area (Å²) < 4.78 is 13.5. The van der Waals surface area contributed by atoms with Gasteiger partial charge in [-0.05, 0) is 62.3 Å². The van der Waals surface area contributed by atoms with E-state index in [2.05, 4.69) is 39.3 Å².